The Labute approximate surface area is 105 Å². The van der Waals surface area contributed by atoms with Gasteiger partial charge in [-0.15, -0.1) is 0 Å². The second-order valence-electron chi connectivity index (χ2n) is 4.22. The molecule has 2 rings (SSSR count). The summed E-state index contributed by atoms with van der Waals surface area (Å²) < 4.78 is 5.31. The standard InChI is InChI=1S/C11H17N3O2S/c1-7-9(17-11(12)13-7)10(15)14-5-3-4-8(6-14)16-2/h8H,3-6H2,1-2H3,(H2,12,13). The number of nitrogens with zero attached hydrogens (tertiary/aromatic N) is 2. The molecule has 2 N–H and O–H groups in total. The van der Waals surface area contributed by atoms with E-state index in [1.54, 1.807) is 7.11 Å². The van der Waals surface area contributed by atoms with E-state index in [0.29, 0.717) is 16.6 Å². The van der Waals surface area contributed by atoms with E-state index >= 15 is 0 Å². The minimum Gasteiger partial charge on any atom is -0.380 e. The first-order valence-electron chi connectivity index (χ1n) is 5.66. The van der Waals surface area contributed by atoms with Crippen molar-refractivity contribution in [3.63, 3.8) is 0 Å². The Hall–Kier alpha value is -1.14. The number of nitrogens with two attached hydrogens (primary N) is 1. The number of carbonyl (C=O) groups is 1. The van der Waals surface area contributed by atoms with Crippen molar-refractivity contribution < 1.29 is 9.53 Å². The van der Waals surface area contributed by atoms with Gasteiger partial charge >= 0.3 is 0 Å². The molecule has 0 aliphatic carbocycles. The molecule has 1 aromatic rings. The van der Waals surface area contributed by atoms with Gasteiger partial charge in [-0.1, -0.05) is 11.3 Å². The molecule has 1 aromatic heterocycles. The van der Waals surface area contributed by atoms with Crippen LogP contribution in [0.5, 0.6) is 0 Å². The van der Waals surface area contributed by atoms with Crippen LogP contribution in [0.3, 0.4) is 0 Å². The maximum Gasteiger partial charge on any atom is 0.266 e. The number of carbonyl (C=O) groups excluding carboxylic acids is 1. The number of ether oxygens (including phenoxy) is 1. The molecule has 1 aliphatic rings. The summed E-state index contributed by atoms with van der Waals surface area (Å²) in [5.41, 5.74) is 6.33. The molecule has 1 saturated heterocycles. The molecule has 0 aromatic carbocycles. The molecule has 94 valence electrons. The maximum absolute atomic E-state index is 12.3. The lowest BCUT2D eigenvalue weighted by Crippen LogP contribution is -2.42. The van der Waals surface area contributed by atoms with Crippen LogP contribution in [-0.4, -0.2) is 42.1 Å². The Morgan fingerprint density at radius 2 is 2.41 bits per heavy atom. The third kappa shape index (κ3) is 2.58. The number of aryl methyl sites for hydroxylation is 1. The zero-order valence-corrected chi connectivity index (χ0v) is 10.9. The Morgan fingerprint density at radius 3 is 3.00 bits per heavy atom. The SMILES string of the molecule is COC1CCCN(C(=O)c2sc(N)nc2C)C1. The summed E-state index contributed by atoms with van der Waals surface area (Å²) in [6.07, 6.45) is 2.15. The number of hydrogen-bond acceptors (Lipinski definition) is 5. The first kappa shape index (κ1) is 12.3. The fourth-order valence-electron chi connectivity index (χ4n) is 2.07. The van der Waals surface area contributed by atoms with Crippen molar-refractivity contribution in [2.45, 2.75) is 25.9 Å². The Kier molecular flexibility index (Phi) is 3.63. The van der Waals surface area contributed by atoms with Crippen molar-refractivity contribution >= 4 is 22.4 Å². The van der Waals surface area contributed by atoms with Crippen molar-refractivity contribution in [1.82, 2.24) is 9.88 Å². The summed E-state index contributed by atoms with van der Waals surface area (Å²) in [5, 5.41) is 0.450. The number of thiazole rings is 1. The molecule has 5 nitrogen and oxygen atoms in total. The summed E-state index contributed by atoms with van der Waals surface area (Å²) in [7, 11) is 1.69. The highest BCUT2D eigenvalue weighted by atomic mass is 32.1. The Morgan fingerprint density at radius 1 is 1.65 bits per heavy atom. The molecule has 2 heterocycles. The summed E-state index contributed by atoms with van der Waals surface area (Å²) in [6.45, 7) is 3.26. The second kappa shape index (κ2) is 5.01. The van der Waals surface area contributed by atoms with Crippen LogP contribution in [0.2, 0.25) is 0 Å². The highest BCUT2D eigenvalue weighted by Gasteiger charge is 2.26. The maximum atomic E-state index is 12.3. The van der Waals surface area contributed by atoms with Crippen LogP contribution in [0.25, 0.3) is 0 Å². The highest BCUT2D eigenvalue weighted by Crippen LogP contribution is 2.23. The second-order valence-corrected chi connectivity index (χ2v) is 5.25. The van der Waals surface area contributed by atoms with E-state index in [2.05, 4.69) is 4.98 Å². The van der Waals surface area contributed by atoms with Gasteiger partial charge in [0, 0.05) is 20.2 Å². The zero-order valence-electron chi connectivity index (χ0n) is 10.1. The fraction of sp³-hybridized carbons (Fsp3) is 0.636. The molecule has 0 bridgehead atoms. The van der Waals surface area contributed by atoms with E-state index in [-0.39, 0.29) is 12.0 Å². The Bertz CT molecular complexity index is 419. The quantitative estimate of drug-likeness (QED) is 0.864. The van der Waals surface area contributed by atoms with Gasteiger partial charge in [-0.2, -0.15) is 0 Å². The minimum atomic E-state index is 0.0263. The number of aromatic nitrogens is 1. The molecular weight excluding hydrogens is 238 g/mol. The number of likely N-dealkylation sites (tertiary alicyclic amines) is 1. The van der Waals surface area contributed by atoms with Gasteiger partial charge < -0.3 is 15.4 Å². The molecule has 0 radical (unpaired) electrons. The molecule has 6 heteroatoms. The molecule has 1 aliphatic heterocycles. The normalized spacial score (nSPS) is 20.6. The van der Waals surface area contributed by atoms with Crippen molar-refractivity contribution in [3.05, 3.63) is 10.6 Å². The number of hydrogen-bond donors (Lipinski definition) is 1. The number of methoxy groups -OCH3 is 1. The molecule has 1 fully saturated rings. The predicted octanol–water partition coefficient (Wildman–Crippen LogP) is 1.28. The average molecular weight is 255 g/mol. The molecule has 1 unspecified atom stereocenters. The third-order valence-corrected chi connectivity index (χ3v) is 3.98. The molecule has 0 spiro atoms. The first-order valence-corrected chi connectivity index (χ1v) is 6.48. The summed E-state index contributed by atoms with van der Waals surface area (Å²) >= 11 is 1.26. The van der Waals surface area contributed by atoms with Crippen LogP contribution in [0.4, 0.5) is 5.13 Å². The van der Waals surface area contributed by atoms with E-state index in [0.717, 1.165) is 25.1 Å². The van der Waals surface area contributed by atoms with Crippen LogP contribution in [-0.2, 0) is 4.74 Å². The van der Waals surface area contributed by atoms with Gasteiger partial charge in [0.15, 0.2) is 5.13 Å². The summed E-state index contributed by atoms with van der Waals surface area (Å²) in [4.78, 5) is 18.8. The number of nitrogen functional groups attached to an aromatic ring is 1. The Balaban J connectivity index is 2.12. The smallest absolute Gasteiger partial charge is 0.266 e. The minimum absolute atomic E-state index is 0.0263. The average Bonchev–Trinajstić information content (AvgIpc) is 2.67. The van der Waals surface area contributed by atoms with Crippen LogP contribution >= 0.6 is 11.3 Å². The highest BCUT2D eigenvalue weighted by molar-refractivity contribution is 7.17. The number of piperidine rings is 1. The van der Waals surface area contributed by atoms with Gasteiger partial charge in [-0.05, 0) is 19.8 Å². The van der Waals surface area contributed by atoms with Gasteiger partial charge in [0.25, 0.3) is 5.91 Å². The summed E-state index contributed by atoms with van der Waals surface area (Å²) in [5.74, 6) is 0.0263. The molecule has 17 heavy (non-hydrogen) atoms. The lowest BCUT2D eigenvalue weighted by Gasteiger charge is -2.31. The van der Waals surface area contributed by atoms with Gasteiger partial charge in [0.05, 0.1) is 11.8 Å². The van der Waals surface area contributed by atoms with Crippen LogP contribution in [0.15, 0.2) is 0 Å². The zero-order chi connectivity index (χ0) is 12.4. The third-order valence-electron chi connectivity index (χ3n) is 3.01. The molecular formula is C11H17N3O2S. The molecule has 0 saturated carbocycles. The first-order chi connectivity index (χ1) is 8.11. The lowest BCUT2D eigenvalue weighted by atomic mass is 10.1. The number of anilines is 1. The van der Waals surface area contributed by atoms with Crippen molar-refractivity contribution in [2.24, 2.45) is 0 Å². The topological polar surface area (TPSA) is 68.5 Å². The lowest BCUT2D eigenvalue weighted by molar-refractivity contribution is 0.0271. The summed E-state index contributed by atoms with van der Waals surface area (Å²) in [6, 6.07) is 0. The van der Waals surface area contributed by atoms with Crippen molar-refractivity contribution in [1.29, 1.82) is 0 Å². The van der Waals surface area contributed by atoms with E-state index in [1.165, 1.54) is 11.3 Å². The molecule has 1 amide bonds. The molecule has 1 atom stereocenters. The van der Waals surface area contributed by atoms with Crippen molar-refractivity contribution in [3.8, 4) is 0 Å². The van der Waals surface area contributed by atoms with E-state index in [1.807, 2.05) is 11.8 Å². The van der Waals surface area contributed by atoms with E-state index in [9.17, 15) is 4.79 Å². The van der Waals surface area contributed by atoms with E-state index < -0.39 is 0 Å². The van der Waals surface area contributed by atoms with Crippen LogP contribution in [0, 0.1) is 6.92 Å². The number of rotatable bonds is 2. The van der Waals surface area contributed by atoms with Crippen LogP contribution < -0.4 is 5.73 Å². The predicted molar refractivity (Wildman–Crippen MR) is 67.2 cm³/mol. The van der Waals surface area contributed by atoms with Gasteiger partial charge in [0.1, 0.15) is 4.88 Å². The van der Waals surface area contributed by atoms with Gasteiger partial charge in [0.2, 0.25) is 0 Å². The van der Waals surface area contributed by atoms with Gasteiger partial charge in [-0.3, -0.25) is 4.79 Å². The number of amides is 1. The van der Waals surface area contributed by atoms with Crippen LogP contribution in [0.1, 0.15) is 28.2 Å². The largest absolute Gasteiger partial charge is 0.380 e. The van der Waals surface area contributed by atoms with E-state index in [4.69, 9.17) is 10.5 Å². The van der Waals surface area contributed by atoms with Crippen molar-refractivity contribution in [2.75, 3.05) is 25.9 Å². The monoisotopic (exact) mass is 255 g/mol. The fourth-order valence-corrected chi connectivity index (χ4v) is 2.88. The van der Waals surface area contributed by atoms with Gasteiger partial charge in [-0.25, -0.2) is 4.98 Å².